The molecule has 5 heteroatoms. The summed E-state index contributed by atoms with van der Waals surface area (Å²) in [5.41, 5.74) is 2.81. The first-order valence-corrected chi connectivity index (χ1v) is 10.9. The van der Waals surface area contributed by atoms with Gasteiger partial charge in [-0.3, -0.25) is 4.79 Å². The summed E-state index contributed by atoms with van der Waals surface area (Å²) in [6.45, 7) is 8.33. The summed E-state index contributed by atoms with van der Waals surface area (Å²) in [6.07, 6.45) is 5.74. The number of rotatable bonds is 6. The molecule has 1 aromatic carbocycles. The number of ether oxygens (including phenoxy) is 3. The molecule has 2 aliphatic carbocycles. The summed E-state index contributed by atoms with van der Waals surface area (Å²) in [6, 6.07) is 5.98. The Bertz CT molecular complexity index is 791. The van der Waals surface area contributed by atoms with Gasteiger partial charge < -0.3 is 19.5 Å². The maximum absolute atomic E-state index is 12.7. The van der Waals surface area contributed by atoms with E-state index in [1.807, 2.05) is 18.2 Å². The molecule has 5 nitrogen and oxygen atoms in total. The van der Waals surface area contributed by atoms with E-state index in [0.29, 0.717) is 11.8 Å². The van der Waals surface area contributed by atoms with E-state index >= 15 is 0 Å². The first kappa shape index (κ1) is 20.3. The lowest BCUT2D eigenvalue weighted by atomic mass is 9.55. The van der Waals surface area contributed by atoms with Crippen LogP contribution in [0.3, 0.4) is 0 Å². The summed E-state index contributed by atoms with van der Waals surface area (Å²) in [4.78, 5) is 12.7. The highest BCUT2D eigenvalue weighted by atomic mass is 16.6. The Hall–Kier alpha value is -2.01. The molecule has 0 amide bonds. The summed E-state index contributed by atoms with van der Waals surface area (Å²) in [5.74, 6) is 2.32. The van der Waals surface area contributed by atoms with Gasteiger partial charge in [0, 0.05) is 11.5 Å². The Balaban J connectivity index is 1.39. The Labute approximate surface area is 173 Å². The number of allylic oxidation sites excluding steroid dienone is 1. The number of methoxy groups -OCH3 is 2. The molecule has 3 fully saturated rings. The van der Waals surface area contributed by atoms with E-state index in [4.69, 9.17) is 14.2 Å². The molecule has 1 saturated heterocycles. The number of nitrogens with two attached hydrogens (primary N) is 1. The van der Waals surface area contributed by atoms with Gasteiger partial charge in [0.1, 0.15) is 18.6 Å². The van der Waals surface area contributed by atoms with Crippen molar-refractivity contribution < 1.29 is 24.3 Å². The van der Waals surface area contributed by atoms with Gasteiger partial charge in [-0.25, -0.2) is 0 Å². The molecule has 29 heavy (non-hydrogen) atoms. The summed E-state index contributed by atoms with van der Waals surface area (Å²) in [5, 5.41) is 2.22. The zero-order valence-electron chi connectivity index (χ0n) is 17.9. The minimum Gasteiger partial charge on any atom is -0.493 e. The van der Waals surface area contributed by atoms with Crippen LogP contribution < -0.4 is 14.8 Å². The van der Waals surface area contributed by atoms with E-state index in [1.165, 1.54) is 18.4 Å². The van der Waals surface area contributed by atoms with Crippen LogP contribution in [0.15, 0.2) is 30.4 Å². The van der Waals surface area contributed by atoms with Crippen LogP contribution in [0.2, 0.25) is 0 Å². The predicted octanol–water partition coefficient (Wildman–Crippen LogP) is 3.08. The van der Waals surface area contributed by atoms with Gasteiger partial charge in [0.2, 0.25) is 0 Å². The van der Waals surface area contributed by atoms with Crippen molar-refractivity contribution in [2.75, 3.05) is 20.8 Å². The first-order valence-electron chi connectivity index (χ1n) is 10.9. The minimum atomic E-state index is -0.0144. The van der Waals surface area contributed by atoms with Crippen molar-refractivity contribution in [2.45, 2.75) is 51.7 Å². The molecular weight excluding hydrogens is 366 g/mol. The van der Waals surface area contributed by atoms with Crippen LogP contribution in [-0.4, -0.2) is 32.8 Å². The van der Waals surface area contributed by atoms with Crippen molar-refractivity contribution in [3.8, 4) is 11.5 Å². The van der Waals surface area contributed by atoms with Crippen molar-refractivity contribution in [3.63, 3.8) is 0 Å². The molecular formula is C24H34NO4+. The smallest absolute Gasteiger partial charge is 0.315 e. The van der Waals surface area contributed by atoms with Crippen molar-refractivity contribution in [1.29, 1.82) is 0 Å². The Morgan fingerprint density at radius 2 is 2.07 bits per heavy atom. The average Bonchev–Trinajstić information content (AvgIpc) is 3.00. The highest BCUT2D eigenvalue weighted by molar-refractivity contribution is 5.75. The van der Waals surface area contributed by atoms with Crippen LogP contribution in [0.4, 0.5) is 0 Å². The molecule has 158 valence electrons. The van der Waals surface area contributed by atoms with E-state index < -0.39 is 0 Å². The first-order chi connectivity index (χ1) is 13.9. The number of fused-ring (bicyclic) bond motifs is 2. The van der Waals surface area contributed by atoms with E-state index in [1.54, 1.807) is 14.2 Å². The lowest BCUT2D eigenvalue weighted by Gasteiger charge is -2.49. The largest absolute Gasteiger partial charge is 0.493 e. The zero-order valence-corrected chi connectivity index (χ0v) is 17.9. The van der Waals surface area contributed by atoms with Crippen molar-refractivity contribution >= 4 is 5.97 Å². The minimum absolute atomic E-state index is 0.00331. The van der Waals surface area contributed by atoms with Crippen LogP contribution in [0.25, 0.3) is 0 Å². The van der Waals surface area contributed by atoms with Gasteiger partial charge in [0.05, 0.1) is 20.8 Å². The quantitative estimate of drug-likeness (QED) is 0.589. The summed E-state index contributed by atoms with van der Waals surface area (Å²) >= 11 is 0. The fraction of sp³-hybridized carbons (Fsp3) is 0.625. The van der Waals surface area contributed by atoms with Gasteiger partial charge in [0.25, 0.3) is 0 Å². The second kappa shape index (κ2) is 8.02. The number of quaternary nitrogens is 1. The normalized spacial score (nSPS) is 33.6. The van der Waals surface area contributed by atoms with Crippen LogP contribution in [0, 0.1) is 23.2 Å². The lowest BCUT2D eigenvalue weighted by molar-refractivity contribution is -0.675. The van der Waals surface area contributed by atoms with E-state index in [2.05, 4.69) is 18.8 Å². The second-order valence-electron chi connectivity index (χ2n) is 9.32. The summed E-state index contributed by atoms with van der Waals surface area (Å²) in [7, 11) is 3.29. The van der Waals surface area contributed by atoms with Gasteiger partial charge in [-0.15, -0.1) is 0 Å². The fourth-order valence-corrected chi connectivity index (χ4v) is 5.96. The highest BCUT2D eigenvalue weighted by Crippen LogP contribution is 2.56. The van der Waals surface area contributed by atoms with Gasteiger partial charge in [-0.1, -0.05) is 19.1 Å². The molecule has 1 aliphatic heterocycles. The Kier molecular flexibility index (Phi) is 5.60. The number of carbonyl (C=O) groups excluding carboxylic acids is 1. The third-order valence-electron chi connectivity index (χ3n) is 7.57. The topological polar surface area (TPSA) is 61.4 Å². The molecule has 1 aromatic rings. The molecule has 2 saturated carbocycles. The molecule has 1 heterocycles. The van der Waals surface area contributed by atoms with Crippen LogP contribution in [-0.2, 0) is 16.1 Å². The zero-order chi connectivity index (χ0) is 20.6. The molecule has 0 radical (unpaired) electrons. The lowest BCUT2D eigenvalue weighted by Crippen LogP contribution is -2.84. The SMILES string of the molecule is C=C1CCC[C@@]2(C)C[C@H]3OC(=O)[C@@H](C[NH2+]Cc4ccc(OC)c(OC)c4)[C@@H]3C[C@H]12. The van der Waals surface area contributed by atoms with Gasteiger partial charge in [0.15, 0.2) is 11.5 Å². The molecule has 0 spiro atoms. The van der Waals surface area contributed by atoms with Gasteiger partial charge in [-0.05, 0) is 61.6 Å². The van der Waals surface area contributed by atoms with Gasteiger partial charge >= 0.3 is 5.97 Å². The molecule has 2 N–H and O–H groups in total. The Morgan fingerprint density at radius 1 is 1.28 bits per heavy atom. The predicted molar refractivity (Wildman–Crippen MR) is 111 cm³/mol. The third-order valence-corrected chi connectivity index (χ3v) is 7.57. The Morgan fingerprint density at radius 3 is 2.83 bits per heavy atom. The van der Waals surface area contributed by atoms with E-state index in [-0.39, 0.29) is 23.4 Å². The summed E-state index contributed by atoms with van der Waals surface area (Å²) < 4.78 is 16.6. The number of carbonyl (C=O) groups is 1. The van der Waals surface area contributed by atoms with Crippen molar-refractivity contribution in [1.82, 2.24) is 0 Å². The van der Waals surface area contributed by atoms with Crippen molar-refractivity contribution in [3.05, 3.63) is 35.9 Å². The standard InChI is InChI=1S/C24H33NO4/c1-15-6-5-9-24(2)12-22-17(11-19(15)24)18(23(26)29-22)14-25-13-16-7-8-20(27-3)21(10-16)28-4/h7-8,10,17-19,22,25H,1,5-6,9,11-14H2,2-4H3/p+1/t17-,18-,19+,22+,24-/m0/s1. The van der Waals surface area contributed by atoms with Crippen LogP contribution >= 0.6 is 0 Å². The fourth-order valence-electron chi connectivity index (χ4n) is 5.96. The molecule has 5 atom stereocenters. The maximum Gasteiger partial charge on any atom is 0.315 e. The van der Waals surface area contributed by atoms with E-state index in [0.717, 1.165) is 49.4 Å². The molecule has 4 rings (SSSR count). The van der Waals surface area contributed by atoms with Crippen LogP contribution in [0.1, 0.15) is 44.6 Å². The number of hydrogen-bond donors (Lipinski definition) is 1. The average molecular weight is 401 g/mol. The van der Waals surface area contributed by atoms with Crippen molar-refractivity contribution in [2.24, 2.45) is 23.2 Å². The third kappa shape index (κ3) is 3.77. The highest BCUT2D eigenvalue weighted by Gasteiger charge is 2.55. The number of esters is 1. The van der Waals surface area contributed by atoms with Gasteiger partial charge in [-0.2, -0.15) is 0 Å². The maximum atomic E-state index is 12.7. The molecule has 3 aliphatic rings. The van der Waals surface area contributed by atoms with Crippen LogP contribution in [0.5, 0.6) is 11.5 Å². The number of benzene rings is 1. The molecule has 0 aromatic heterocycles. The monoisotopic (exact) mass is 400 g/mol. The van der Waals surface area contributed by atoms with E-state index in [9.17, 15) is 4.79 Å². The molecule has 0 unspecified atom stereocenters. The molecule has 0 bridgehead atoms. The second-order valence-corrected chi connectivity index (χ2v) is 9.32. The number of hydrogen-bond acceptors (Lipinski definition) is 4.